The Morgan fingerprint density at radius 1 is 0.603 bits per heavy atom. The van der Waals surface area contributed by atoms with Crippen LogP contribution in [0.1, 0.15) is 226 Å². The van der Waals surface area contributed by atoms with Crippen LogP contribution in [0.15, 0.2) is 24.3 Å². The van der Waals surface area contributed by atoms with Crippen molar-refractivity contribution in [2.75, 3.05) is 26.4 Å². The van der Waals surface area contributed by atoms with E-state index < -0.39 is 59.8 Å². The van der Waals surface area contributed by atoms with Crippen molar-refractivity contribution in [3.8, 4) is 0 Å². The lowest BCUT2D eigenvalue weighted by Crippen LogP contribution is -2.60. The van der Waals surface area contributed by atoms with E-state index in [2.05, 4.69) is 42.3 Å². The molecule has 0 aromatic carbocycles. The van der Waals surface area contributed by atoms with Gasteiger partial charge in [0.2, 0.25) is 0 Å². The Morgan fingerprint density at radius 2 is 1.05 bits per heavy atom. The maximum Gasteiger partial charge on any atom is 0.397 e. The number of carbonyl (C=O) groups excluding carboxylic acids is 1. The molecule has 4 N–H and O–H groups in total. The van der Waals surface area contributed by atoms with Gasteiger partial charge >= 0.3 is 16.4 Å². The lowest BCUT2D eigenvalue weighted by atomic mass is 9.99. The van der Waals surface area contributed by atoms with Crippen molar-refractivity contribution in [3.63, 3.8) is 0 Å². The van der Waals surface area contributed by atoms with Gasteiger partial charge in [0.25, 0.3) is 0 Å². The summed E-state index contributed by atoms with van der Waals surface area (Å²) >= 11 is 0. The summed E-state index contributed by atoms with van der Waals surface area (Å²) < 4.78 is 59.2. The monoisotopic (exact) mass is 919 g/mol. The van der Waals surface area contributed by atoms with E-state index >= 15 is 0 Å². The van der Waals surface area contributed by atoms with Crippen LogP contribution in [-0.2, 0) is 38.3 Å². The molecule has 0 saturated carbocycles. The van der Waals surface area contributed by atoms with Crippen molar-refractivity contribution < 1.29 is 56.2 Å². The van der Waals surface area contributed by atoms with Gasteiger partial charge in [-0.05, 0) is 44.9 Å². The number of unbranched alkanes of at least 4 members (excludes halogenated alkanes) is 28. The molecule has 63 heavy (non-hydrogen) atoms. The topological polar surface area (TPSA) is 178 Å². The average molecular weight is 919 g/mol. The van der Waals surface area contributed by atoms with Crippen LogP contribution in [0.3, 0.4) is 0 Å². The van der Waals surface area contributed by atoms with E-state index in [0.717, 1.165) is 44.9 Å². The third-order valence-corrected chi connectivity index (χ3v) is 12.3. The van der Waals surface area contributed by atoms with Crippen molar-refractivity contribution in [1.82, 2.24) is 0 Å². The Labute approximate surface area is 384 Å². The number of aliphatic hydroxyl groups excluding tert-OH is 3. The minimum absolute atomic E-state index is 0.0393. The summed E-state index contributed by atoms with van der Waals surface area (Å²) in [5.74, 6) is -0.397. The molecule has 0 aliphatic carbocycles. The molecule has 0 aromatic heterocycles. The van der Waals surface area contributed by atoms with Gasteiger partial charge in [0.1, 0.15) is 30.5 Å². The molecular formula is C50H94O12S. The number of ether oxygens (including phenoxy) is 4. The number of rotatable bonds is 45. The van der Waals surface area contributed by atoms with Gasteiger partial charge in [-0.1, -0.05) is 199 Å². The lowest BCUT2D eigenvalue weighted by Gasteiger charge is -2.41. The van der Waals surface area contributed by atoms with E-state index in [1.807, 2.05) is 0 Å². The van der Waals surface area contributed by atoms with Crippen molar-refractivity contribution in [2.24, 2.45) is 0 Å². The molecule has 6 atom stereocenters. The maximum absolute atomic E-state index is 12.9. The largest absolute Gasteiger partial charge is 0.457 e. The highest BCUT2D eigenvalue weighted by molar-refractivity contribution is 7.80. The summed E-state index contributed by atoms with van der Waals surface area (Å²) in [6, 6.07) is 0. The van der Waals surface area contributed by atoms with Gasteiger partial charge in [-0.3, -0.25) is 9.35 Å². The molecule has 1 aliphatic heterocycles. The molecule has 13 heteroatoms. The third kappa shape index (κ3) is 35.4. The Bertz CT molecular complexity index is 1200. The first-order chi connectivity index (χ1) is 30.6. The van der Waals surface area contributed by atoms with Crippen LogP contribution in [0.25, 0.3) is 0 Å². The molecule has 1 heterocycles. The van der Waals surface area contributed by atoms with Crippen LogP contribution >= 0.6 is 0 Å². The van der Waals surface area contributed by atoms with Crippen LogP contribution in [0, 0.1) is 0 Å². The zero-order valence-corrected chi connectivity index (χ0v) is 40.7. The predicted octanol–water partition coefficient (Wildman–Crippen LogP) is 11.6. The first kappa shape index (κ1) is 59.6. The molecule has 0 spiro atoms. The number of aliphatic hydroxyl groups is 3. The van der Waals surface area contributed by atoms with Crippen molar-refractivity contribution >= 4 is 16.4 Å². The van der Waals surface area contributed by atoms with E-state index in [1.54, 1.807) is 0 Å². The fourth-order valence-electron chi connectivity index (χ4n) is 7.94. The molecule has 1 rings (SSSR count). The summed E-state index contributed by atoms with van der Waals surface area (Å²) in [5.41, 5.74) is 0. The van der Waals surface area contributed by atoms with Crippen molar-refractivity contribution in [1.29, 1.82) is 0 Å². The number of hydrogen-bond acceptors (Lipinski definition) is 11. The molecule has 0 bridgehead atoms. The Hall–Kier alpha value is -1.42. The first-order valence-corrected chi connectivity index (χ1v) is 27.0. The second kappa shape index (κ2) is 42.0. The molecule has 0 radical (unpaired) electrons. The van der Waals surface area contributed by atoms with E-state index in [9.17, 15) is 33.1 Å². The smallest absolute Gasteiger partial charge is 0.397 e. The summed E-state index contributed by atoms with van der Waals surface area (Å²) in [6.07, 6.45) is 39.3. The van der Waals surface area contributed by atoms with Gasteiger partial charge in [-0.15, -0.1) is 0 Å². The number of carbonyl (C=O) groups is 1. The molecule has 0 amide bonds. The normalized spacial score (nSPS) is 20.0. The fourth-order valence-corrected chi connectivity index (χ4v) is 8.45. The molecule has 0 aromatic rings. The SMILES string of the molecule is CCCCCCC/C=C\C/C=C\CCCCCCCCCCCCCCOCC(COC1OC(CO)C(O)C(OS(=O)(=O)O)C1O)OC(=O)CCCCCCCCCCCCCC. The highest BCUT2D eigenvalue weighted by atomic mass is 32.3. The second-order valence-corrected chi connectivity index (χ2v) is 18.8. The van der Waals surface area contributed by atoms with E-state index in [4.69, 9.17) is 18.9 Å². The highest BCUT2D eigenvalue weighted by Crippen LogP contribution is 2.26. The van der Waals surface area contributed by atoms with E-state index in [1.165, 1.54) is 154 Å². The minimum atomic E-state index is -5.06. The van der Waals surface area contributed by atoms with Gasteiger partial charge in [0.15, 0.2) is 6.29 Å². The highest BCUT2D eigenvalue weighted by Gasteiger charge is 2.48. The zero-order valence-electron chi connectivity index (χ0n) is 39.9. The van der Waals surface area contributed by atoms with Crippen LogP contribution in [0.5, 0.6) is 0 Å². The van der Waals surface area contributed by atoms with E-state index in [0.29, 0.717) is 13.0 Å². The fraction of sp³-hybridized carbons (Fsp3) is 0.900. The summed E-state index contributed by atoms with van der Waals surface area (Å²) in [6.45, 7) is 4.00. The van der Waals surface area contributed by atoms with Crippen molar-refractivity contribution in [3.05, 3.63) is 24.3 Å². The summed E-state index contributed by atoms with van der Waals surface area (Å²) in [4.78, 5) is 12.9. The maximum atomic E-state index is 12.9. The van der Waals surface area contributed by atoms with Crippen LogP contribution < -0.4 is 0 Å². The molecule has 1 aliphatic rings. The van der Waals surface area contributed by atoms with E-state index in [-0.39, 0.29) is 19.6 Å². The van der Waals surface area contributed by atoms with Gasteiger partial charge < -0.3 is 34.3 Å². The number of hydrogen-bond donors (Lipinski definition) is 4. The lowest BCUT2D eigenvalue weighted by molar-refractivity contribution is -0.301. The molecule has 1 saturated heterocycles. The Kier molecular flexibility index (Phi) is 39.7. The van der Waals surface area contributed by atoms with Crippen molar-refractivity contribution in [2.45, 2.75) is 263 Å². The molecule has 372 valence electrons. The summed E-state index contributed by atoms with van der Waals surface area (Å²) in [5, 5.41) is 30.7. The molecule has 12 nitrogen and oxygen atoms in total. The van der Waals surface area contributed by atoms with Crippen LogP contribution in [-0.4, -0.2) is 97.5 Å². The quantitative estimate of drug-likeness (QED) is 0.0197. The molecule has 6 unspecified atom stereocenters. The molecular weight excluding hydrogens is 825 g/mol. The second-order valence-electron chi connectivity index (χ2n) is 17.8. The van der Waals surface area contributed by atoms with Gasteiger partial charge in [0, 0.05) is 13.0 Å². The van der Waals surface area contributed by atoms with Gasteiger partial charge in [-0.2, -0.15) is 8.42 Å². The van der Waals surface area contributed by atoms with Crippen LogP contribution in [0.2, 0.25) is 0 Å². The van der Waals surface area contributed by atoms with Gasteiger partial charge in [-0.25, -0.2) is 4.18 Å². The zero-order chi connectivity index (χ0) is 46.1. The first-order valence-electron chi connectivity index (χ1n) is 25.6. The Morgan fingerprint density at radius 3 is 1.51 bits per heavy atom. The minimum Gasteiger partial charge on any atom is -0.457 e. The standard InChI is InChI=1S/C50H94O12S/c1-3-5-7-9-11-13-15-17-18-19-20-21-22-23-24-25-26-27-28-30-32-34-36-38-40-58-42-44(60-46(52)39-37-35-33-31-29-16-14-12-10-8-6-4-2)43-59-50-48(54)49(62-63(55,56)57)47(53)45(41-51)61-50/h15,17,19-20,44-45,47-51,53-54H,3-14,16,18,21-43H2,1-2H3,(H,55,56,57)/b17-15-,20-19-. The Balaban J connectivity index is 2.30. The predicted molar refractivity (Wildman–Crippen MR) is 253 cm³/mol. The third-order valence-electron chi connectivity index (χ3n) is 11.8. The molecule has 1 fully saturated rings. The number of esters is 1. The average Bonchev–Trinajstić information content (AvgIpc) is 3.26. The van der Waals surface area contributed by atoms with Crippen LogP contribution in [0.4, 0.5) is 0 Å². The number of allylic oxidation sites excluding steroid dienone is 4. The van der Waals surface area contributed by atoms with Gasteiger partial charge in [0.05, 0.1) is 19.8 Å². The summed E-state index contributed by atoms with van der Waals surface area (Å²) in [7, 11) is -5.06.